The van der Waals surface area contributed by atoms with Gasteiger partial charge in [-0.3, -0.25) is 9.59 Å². The maximum atomic E-state index is 12.3. The zero-order chi connectivity index (χ0) is 13.8. The summed E-state index contributed by atoms with van der Waals surface area (Å²) in [5.74, 6) is -0.558. The molecule has 0 aliphatic carbocycles. The maximum Gasteiger partial charge on any atom is 0.219 e. The molecule has 0 saturated carbocycles. The van der Waals surface area contributed by atoms with Crippen molar-refractivity contribution >= 4 is 5.91 Å². The van der Waals surface area contributed by atoms with Gasteiger partial charge < -0.3 is 15.9 Å². The molecule has 19 heavy (non-hydrogen) atoms. The number of hydrogen-bond donors (Lipinski definition) is 2. The number of nitrogens with two attached hydrogens (primary N) is 2. The summed E-state index contributed by atoms with van der Waals surface area (Å²) in [6.45, 7) is 0. The molecule has 0 aliphatic rings. The molecular formula is C14H14N2O3. The van der Waals surface area contributed by atoms with Crippen LogP contribution in [0.1, 0.15) is 18.0 Å². The molecule has 5 heteroatoms. The lowest BCUT2D eigenvalue weighted by atomic mass is 10.0. The van der Waals surface area contributed by atoms with Crippen LogP contribution >= 0.6 is 0 Å². The summed E-state index contributed by atoms with van der Waals surface area (Å²) in [7, 11) is 0. The summed E-state index contributed by atoms with van der Waals surface area (Å²) in [6, 6.07) is 8.35. The van der Waals surface area contributed by atoms with Crippen molar-refractivity contribution in [1.82, 2.24) is 0 Å². The number of amides is 1. The van der Waals surface area contributed by atoms with Crippen LogP contribution in [0.5, 0.6) is 0 Å². The highest BCUT2D eigenvalue weighted by Crippen LogP contribution is 2.18. The van der Waals surface area contributed by atoms with Crippen molar-refractivity contribution in [3.05, 3.63) is 58.6 Å². The van der Waals surface area contributed by atoms with Crippen LogP contribution in [0.15, 0.2) is 52.1 Å². The molecule has 98 valence electrons. The molecule has 2 rings (SSSR count). The number of hydrogen-bond acceptors (Lipinski definition) is 4. The lowest BCUT2D eigenvalue weighted by Gasteiger charge is -2.09. The molecule has 1 aromatic carbocycles. The van der Waals surface area contributed by atoms with Gasteiger partial charge in [0.05, 0.1) is 17.4 Å². The average molecular weight is 258 g/mol. The van der Waals surface area contributed by atoms with Gasteiger partial charge in [0, 0.05) is 12.5 Å². The standard InChI is InChI=1S/C14H14N2O3/c15-12(6-13(16)17)11-8-19-7-10(14(11)18)9-4-2-1-3-5-9/h1-5,7-8,12H,6,15H2,(H2,16,17). The van der Waals surface area contributed by atoms with E-state index in [2.05, 4.69) is 0 Å². The van der Waals surface area contributed by atoms with Crippen LogP contribution in [0.4, 0.5) is 0 Å². The molecule has 5 nitrogen and oxygen atoms in total. The summed E-state index contributed by atoms with van der Waals surface area (Å²) in [6.07, 6.45) is 2.55. The zero-order valence-corrected chi connectivity index (χ0v) is 10.2. The molecule has 0 aliphatic heterocycles. The SMILES string of the molecule is NC(=O)CC(N)c1cocc(-c2ccccc2)c1=O. The molecule has 1 atom stereocenters. The van der Waals surface area contributed by atoms with E-state index in [1.165, 1.54) is 12.5 Å². The Bertz CT molecular complexity index is 635. The first-order valence-corrected chi connectivity index (χ1v) is 5.79. The van der Waals surface area contributed by atoms with Crippen LogP contribution in [0.3, 0.4) is 0 Å². The van der Waals surface area contributed by atoms with Gasteiger partial charge in [-0.15, -0.1) is 0 Å². The molecule has 0 bridgehead atoms. The lowest BCUT2D eigenvalue weighted by molar-refractivity contribution is -0.118. The van der Waals surface area contributed by atoms with Gasteiger partial charge >= 0.3 is 0 Å². The number of rotatable bonds is 4. The fraction of sp³-hybridized carbons (Fsp3) is 0.143. The minimum atomic E-state index is -0.752. The Labute approximate surface area is 109 Å². The maximum absolute atomic E-state index is 12.3. The van der Waals surface area contributed by atoms with Crippen LogP contribution in [-0.4, -0.2) is 5.91 Å². The van der Waals surface area contributed by atoms with Crippen molar-refractivity contribution in [2.24, 2.45) is 11.5 Å². The molecule has 1 amide bonds. The Morgan fingerprint density at radius 2 is 1.89 bits per heavy atom. The van der Waals surface area contributed by atoms with Crippen LogP contribution in [0.25, 0.3) is 11.1 Å². The van der Waals surface area contributed by atoms with E-state index in [1.807, 2.05) is 18.2 Å². The third-order valence-electron chi connectivity index (χ3n) is 2.79. The summed E-state index contributed by atoms with van der Waals surface area (Å²) in [5.41, 5.74) is 12.0. The minimum Gasteiger partial charge on any atom is -0.471 e. The van der Waals surface area contributed by atoms with E-state index in [9.17, 15) is 9.59 Å². The normalized spacial score (nSPS) is 12.1. The second-order valence-electron chi connectivity index (χ2n) is 4.21. The Morgan fingerprint density at radius 1 is 1.21 bits per heavy atom. The van der Waals surface area contributed by atoms with E-state index in [0.717, 1.165) is 5.56 Å². The predicted octanol–water partition coefficient (Wildman–Crippen LogP) is 1.18. The monoisotopic (exact) mass is 258 g/mol. The first-order chi connectivity index (χ1) is 9.09. The van der Waals surface area contributed by atoms with Gasteiger partial charge in [-0.05, 0) is 5.56 Å². The Hall–Kier alpha value is -2.40. The Kier molecular flexibility index (Phi) is 3.77. The van der Waals surface area contributed by atoms with E-state index in [1.54, 1.807) is 12.1 Å². The average Bonchev–Trinajstić information content (AvgIpc) is 2.39. The predicted molar refractivity (Wildman–Crippen MR) is 71.2 cm³/mol. The smallest absolute Gasteiger partial charge is 0.219 e. The Morgan fingerprint density at radius 3 is 2.53 bits per heavy atom. The zero-order valence-electron chi connectivity index (χ0n) is 10.2. The van der Waals surface area contributed by atoms with E-state index in [-0.39, 0.29) is 17.4 Å². The first-order valence-electron chi connectivity index (χ1n) is 5.79. The second kappa shape index (κ2) is 5.49. The summed E-state index contributed by atoms with van der Waals surface area (Å²) in [4.78, 5) is 23.2. The molecule has 0 fully saturated rings. The van der Waals surface area contributed by atoms with Crippen LogP contribution < -0.4 is 16.9 Å². The van der Waals surface area contributed by atoms with E-state index < -0.39 is 11.9 Å². The fourth-order valence-corrected chi connectivity index (χ4v) is 1.84. The number of carbonyl (C=O) groups excluding carboxylic acids is 1. The highest BCUT2D eigenvalue weighted by Gasteiger charge is 2.16. The lowest BCUT2D eigenvalue weighted by Crippen LogP contribution is -2.25. The molecule has 4 N–H and O–H groups in total. The Balaban J connectivity index is 2.44. The molecular weight excluding hydrogens is 244 g/mol. The number of benzene rings is 1. The van der Waals surface area contributed by atoms with Gasteiger partial charge in [-0.2, -0.15) is 0 Å². The molecule has 1 aromatic heterocycles. The van der Waals surface area contributed by atoms with Gasteiger partial charge in [0.25, 0.3) is 0 Å². The van der Waals surface area contributed by atoms with Crippen molar-refractivity contribution in [2.45, 2.75) is 12.5 Å². The van der Waals surface area contributed by atoms with Crippen LogP contribution in [0.2, 0.25) is 0 Å². The van der Waals surface area contributed by atoms with E-state index >= 15 is 0 Å². The number of primary amides is 1. The van der Waals surface area contributed by atoms with E-state index in [0.29, 0.717) is 5.56 Å². The molecule has 2 aromatic rings. The van der Waals surface area contributed by atoms with Gasteiger partial charge in [0.1, 0.15) is 6.26 Å². The first kappa shape index (κ1) is 13.0. The summed E-state index contributed by atoms with van der Waals surface area (Å²) < 4.78 is 5.15. The van der Waals surface area contributed by atoms with Crippen molar-refractivity contribution in [1.29, 1.82) is 0 Å². The van der Waals surface area contributed by atoms with Crippen molar-refractivity contribution in [3.63, 3.8) is 0 Å². The highest BCUT2D eigenvalue weighted by atomic mass is 16.3. The van der Waals surface area contributed by atoms with Crippen molar-refractivity contribution in [2.75, 3.05) is 0 Å². The third kappa shape index (κ3) is 2.89. The van der Waals surface area contributed by atoms with Gasteiger partial charge in [0.2, 0.25) is 5.91 Å². The molecule has 0 saturated heterocycles. The van der Waals surface area contributed by atoms with Crippen LogP contribution in [-0.2, 0) is 4.79 Å². The highest BCUT2D eigenvalue weighted by molar-refractivity contribution is 5.74. The largest absolute Gasteiger partial charge is 0.471 e. The van der Waals surface area contributed by atoms with Crippen molar-refractivity contribution in [3.8, 4) is 11.1 Å². The molecule has 0 spiro atoms. The fourth-order valence-electron chi connectivity index (χ4n) is 1.84. The van der Waals surface area contributed by atoms with Crippen LogP contribution in [0, 0.1) is 0 Å². The minimum absolute atomic E-state index is 0.0942. The molecule has 1 unspecified atom stereocenters. The van der Waals surface area contributed by atoms with Crippen molar-refractivity contribution < 1.29 is 9.21 Å². The molecule has 0 radical (unpaired) electrons. The summed E-state index contributed by atoms with van der Waals surface area (Å²) in [5, 5.41) is 0. The van der Waals surface area contributed by atoms with E-state index in [4.69, 9.17) is 15.9 Å². The number of carbonyl (C=O) groups is 1. The van der Waals surface area contributed by atoms with Gasteiger partial charge in [-0.1, -0.05) is 30.3 Å². The third-order valence-corrected chi connectivity index (χ3v) is 2.79. The summed E-state index contributed by atoms with van der Waals surface area (Å²) >= 11 is 0. The quantitative estimate of drug-likeness (QED) is 0.860. The van der Waals surface area contributed by atoms with Gasteiger partial charge in [0.15, 0.2) is 5.43 Å². The second-order valence-corrected chi connectivity index (χ2v) is 4.21. The molecule has 1 heterocycles. The van der Waals surface area contributed by atoms with Gasteiger partial charge in [-0.25, -0.2) is 0 Å². The topological polar surface area (TPSA) is 99.3 Å².